The summed E-state index contributed by atoms with van der Waals surface area (Å²) in [7, 11) is -3.67. The number of nitrogens with zero attached hydrogens (tertiary/aromatic N) is 4. The first-order valence-corrected chi connectivity index (χ1v) is 15.1. The van der Waals surface area contributed by atoms with Crippen molar-refractivity contribution in [3.63, 3.8) is 0 Å². The Morgan fingerprint density at radius 2 is 1.51 bits per heavy atom. The van der Waals surface area contributed by atoms with Crippen molar-refractivity contribution in [1.29, 1.82) is 0 Å². The number of hydrazone groups is 1. The molecule has 6 aromatic rings. The van der Waals surface area contributed by atoms with E-state index in [0.29, 0.717) is 16.1 Å². The van der Waals surface area contributed by atoms with Gasteiger partial charge in [0.1, 0.15) is 5.69 Å². The summed E-state index contributed by atoms with van der Waals surface area (Å²) in [5.74, 6) is -0.384. The topological polar surface area (TPSA) is 96.7 Å². The Morgan fingerprint density at radius 3 is 2.26 bits per heavy atom. The normalized spacial score (nSPS) is 13.5. The molecule has 1 aromatic heterocycles. The second-order valence-electron chi connectivity index (χ2n) is 10.1. The molecule has 1 aliphatic heterocycles. The molecule has 7 rings (SSSR count). The van der Waals surface area contributed by atoms with Crippen molar-refractivity contribution in [3.05, 3.63) is 144 Å². The van der Waals surface area contributed by atoms with Crippen LogP contribution in [0.2, 0.25) is 0 Å². The summed E-state index contributed by atoms with van der Waals surface area (Å²) in [6.07, 6.45) is 3.45. The summed E-state index contributed by atoms with van der Waals surface area (Å²) in [4.78, 5) is 13.2. The molecule has 0 bridgehead atoms. The van der Waals surface area contributed by atoms with Crippen LogP contribution in [0, 0.1) is 0 Å². The average Bonchev–Trinajstić information content (AvgIpc) is 3.56. The Bertz CT molecular complexity index is 2100. The van der Waals surface area contributed by atoms with Crippen LogP contribution in [-0.4, -0.2) is 30.3 Å². The lowest BCUT2D eigenvalue weighted by atomic mass is 10.1. The summed E-state index contributed by atoms with van der Waals surface area (Å²) in [5, 5.41) is 10.6. The molecular formula is C34H25N5O3S. The molecule has 9 heteroatoms. The third-order valence-electron chi connectivity index (χ3n) is 7.40. The maximum Gasteiger partial charge on any atom is 0.271 e. The third-order valence-corrected chi connectivity index (χ3v) is 9.21. The minimum Gasteiger partial charge on any atom is -0.267 e. The molecule has 0 fully saturated rings. The first-order chi connectivity index (χ1) is 21.0. The first-order valence-electron chi connectivity index (χ1n) is 13.7. The van der Waals surface area contributed by atoms with Crippen molar-refractivity contribution >= 4 is 38.6 Å². The Hall–Kier alpha value is -5.54. The number of sulfonamides is 1. The number of rotatable bonds is 7. The summed E-state index contributed by atoms with van der Waals surface area (Å²) < 4.78 is 29.8. The number of carbonyl (C=O) groups excluding carboxylic acids is 1. The van der Waals surface area contributed by atoms with Crippen molar-refractivity contribution in [3.8, 4) is 16.9 Å². The zero-order valence-corrected chi connectivity index (χ0v) is 23.6. The van der Waals surface area contributed by atoms with Crippen molar-refractivity contribution in [1.82, 2.24) is 15.2 Å². The van der Waals surface area contributed by atoms with E-state index in [4.69, 9.17) is 5.10 Å². The summed E-state index contributed by atoms with van der Waals surface area (Å²) in [6, 6.07) is 37.3. The van der Waals surface area contributed by atoms with Gasteiger partial charge in [0.2, 0.25) is 0 Å². The van der Waals surface area contributed by atoms with E-state index in [0.717, 1.165) is 38.8 Å². The molecule has 0 aliphatic carbocycles. The van der Waals surface area contributed by atoms with Gasteiger partial charge in [-0.2, -0.15) is 10.2 Å². The zero-order chi connectivity index (χ0) is 29.4. The molecule has 5 aromatic carbocycles. The molecule has 0 unspecified atom stereocenters. The van der Waals surface area contributed by atoms with Gasteiger partial charge in [-0.3, -0.25) is 9.10 Å². The molecule has 43 heavy (non-hydrogen) atoms. The molecule has 1 amide bonds. The van der Waals surface area contributed by atoms with E-state index in [9.17, 15) is 13.2 Å². The lowest BCUT2D eigenvalue weighted by molar-refractivity contribution is 0.0955. The predicted octanol–water partition coefficient (Wildman–Crippen LogP) is 6.17. The fraction of sp³-hybridized carbons (Fsp3) is 0.0294. The number of benzene rings is 5. The molecule has 2 heterocycles. The highest BCUT2D eigenvalue weighted by molar-refractivity contribution is 7.93. The van der Waals surface area contributed by atoms with Gasteiger partial charge in [0.25, 0.3) is 15.9 Å². The molecular weight excluding hydrogens is 558 g/mol. The molecule has 0 saturated carbocycles. The van der Waals surface area contributed by atoms with Gasteiger partial charge in [0.15, 0.2) is 0 Å². The highest BCUT2D eigenvalue weighted by Crippen LogP contribution is 2.42. The number of aromatic nitrogens is 2. The van der Waals surface area contributed by atoms with E-state index >= 15 is 0 Å². The van der Waals surface area contributed by atoms with Crippen molar-refractivity contribution < 1.29 is 13.2 Å². The summed E-state index contributed by atoms with van der Waals surface area (Å²) in [6.45, 7) is 0.157. The van der Waals surface area contributed by atoms with E-state index in [-0.39, 0.29) is 12.5 Å². The third kappa shape index (κ3) is 4.85. The van der Waals surface area contributed by atoms with E-state index in [2.05, 4.69) is 10.5 Å². The van der Waals surface area contributed by atoms with E-state index in [1.807, 2.05) is 91.1 Å². The summed E-state index contributed by atoms with van der Waals surface area (Å²) in [5.41, 5.74) is 7.74. The molecule has 1 N–H and O–H groups in total. The number of para-hydroxylation sites is 1. The van der Waals surface area contributed by atoms with Gasteiger partial charge in [-0.15, -0.1) is 0 Å². The number of carbonyl (C=O) groups is 1. The van der Waals surface area contributed by atoms with Crippen molar-refractivity contribution in [2.45, 2.75) is 11.4 Å². The van der Waals surface area contributed by atoms with Crippen LogP contribution in [-0.2, 0) is 16.6 Å². The molecule has 0 spiro atoms. The van der Waals surface area contributed by atoms with Crippen molar-refractivity contribution in [2.75, 3.05) is 4.31 Å². The standard InChI is InChI=1S/C34H25N5O3S/c40-34(36-35-21-28-23-38(29-13-5-2-6-14-29)37-33(28)26-9-3-1-4-10-26)27-19-17-24(18-20-27)22-39-30-15-7-11-25-12-8-16-31(32(25)30)43(39,41)42/h1-21,23H,22H2,(H,36,40). The highest BCUT2D eigenvalue weighted by atomic mass is 32.2. The quantitative estimate of drug-likeness (QED) is 0.180. The second kappa shape index (κ2) is 10.7. The predicted molar refractivity (Wildman–Crippen MR) is 168 cm³/mol. The number of amides is 1. The van der Waals surface area contributed by atoms with Crippen LogP contribution >= 0.6 is 0 Å². The molecule has 0 saturated heterocycles. The maximum absolute atomic E-state index is 13.3. The number of anilines is 1. The smallest absolute Gasteiger partial charge is 0.267 e. The Labute approximate surface area is 248 Å². The fourth-order valence-corrected chi connectivity index (χ4v) is 6.99. The molecule has 0 atom stereocenters. The van der Waals surface area contributed by atoms with Crippen LogP contribution in [0.3, 0.4) is 0 Å². The monoisotopic (exact) mass is 583 g/mol. The van der Waals surface area contributed by atoms with Crippen molar-refractivity contribution in [2.24, 2.45) is 5.10 Å². The molecule has 210 valence electrons. The summed E-state index contributed by atoms with van der Waals surface area (Å²) >= 11 is 0. The zero-order valence-electron chi connectivity index (χ0n) is 22.8. The molecule has 8 nitrogen and oxygen atoms in total. The highest BCUT2D eigenvalue weighted by Gasteiger charge is 2.35. The largest absolute Gasteiger partial charge is 0.271 e. The Balaban J connectivity index is 1.08. The molecule has 1 aliphatic rings. The van der Waals surface area contributed by atoms with Crippen LogP contribution in [0.25, 0.3) is 27.7 Å². The average molecular weight is 584 g/mol. The lowest BCUT2D eigenvalue weighted by Gasteiger charge is -2.19. The van der Waals surface area contributed by atoms with Crippen LogP contribution in [0.4, 0.5) is 5.69 Å². The van der Waals surface area contributed by atoms with Gasteiger partial charge in [-0.05, 0) is 47.3 Å². The Kier molecular flexibility index (Phi) is 6.56. The van der Waals surface area contributed by atoms with Crippen LogP contribution < -0.4 is 9.73 Å². The fourth-order valence-electron chi connectivity index (χ4n) is 5.30. The van der Waals surface area contributed by atoms with Gasteiger partial charge in [-0.25, -0.2) is 18.5 Å². The Morgan fingerprint density at radius 1 is 0.814 bits per heavy atom. The lowest BCUT2D eigenvalue weighted by Crippen LogP contribution is -2.26. The van der Waals surface area contributed by atoms with Crippen LogP contribution in [0.5, 0.6) is 0 Å². The number of hydrogen-bond donors (Lipinski definition) is 1. The number of nitrogens with one attached hydrogen (secondary N) is 1. The first kappa shape index (κ1) is 26.4. The number of hydrogen-bond acceptors (Lipinski definition) is 5. The van der Waals surface area contributed by atoms with Crippen LogP contribution in [0.1, 0.15) is 21.5 Å². The SMILES string of the molecule is O=C(NN=Cc1cn(-c2ccccc2)nc1-c1ccccc1)c1ccc(CN2c3cccc4cccc(c34)S2(=O)=O)cc1. The van der Waals surface area contributed by atoms with Gasteiger partial charge in [-0.1, -0.05) is 84.9 Å². The minimum absolute atomic E-state index is 0.157. The van der Waals surface area contributed by atoms with Crippen LogP contribution in [0.15, 0.2) is 138 Å². The van der Waals surface area contributed by atoms with Gasteiger partial charge >= 0.3 is 0 Å². The van der Waals surface area contributed by atoms with Gasteiger partial charge in [0.05, 0.1) is 29.0 Å². The van der Waals surface area contributed by atoms with Gasteiger partial charge in [0, 0.05) is 28.3 Å². The van der Waals surface area contributed by atoms with E-state index < -0.39 is 10.0 Å². The molecule has 0 radical (unpaired) electrons. The van der Waals surface area contributed by atoms with Gasteiger partial charge < -0.3 is 0 Å². The van der Waals surface area contributed by atoms with E-state index in [1.54, 1.807) is 47.3 Å². The minimum atomic E-state index is -3.67. The maximum atomic E-state index is 13.3. The van der Waals surface area contributed by atoms with E-state index in [1.165, 1.54) is 4.31 Å². The second-order valence-corrected chi connectivity index (χ2v) is 11.9.